The van der Waals surface area contributed by atoms with E-state index in [1.165, 1.54) is 0 Å². The van der Waals surface area contributed by atoms with E-state index in [4.69, 9.17) is 17.2 Å². The molecule has 2 aromatic carbocycles. The van der Waals surface area contributed by atoms with E-state index in [0.717, 1.165) is 10.9 Å². The number of fused-ring (bicyclic) bond motifs is 1. The number of hydrogen-bond donors (Lipinski definition) is 8. The minimum Gasteiger partial charge on any atom is -0.480 e. The number of carboxylic acid groups (broad SMARTS) is 1. The molecule has 0 aliphatic carbocycles. The van der Waals surface area contributed by atoms with Crippen molar-refractivity contribution < 1.29 is 33.9 Å². The number of rotatable bonds is 16. The Kier molecular flexibility index (Phi) is 11.3. The second-order valence-corrected chi connectivity index (χ2v) is 10.1. The van der Waals surface area contributed by atoms with Gasteiger partial charge in [0.05, 0.1) is 12.5 Å². The van der Waals surface area contributed by atoms with Crippen LogP contribution in [0.2, 0.25) is 0 Å². The molecule has 228 valence electrons. The van der Waals surface area contributed by atoms with Crippen LogP contribution in [-0.4, -0.2) is 69.8 Å². The number of hydrogen-bond acceptors (Lipinski definition) is 7. The van der Waals surface area contributed by atoms with Crippen LogP contribution in [0.4, 0.5) is 0 Å². The summed E-state index contributed by atoms with van der Waals surface area (Å²) in [6.07, 6.45) is 0.707. The fourth-order valence-electron chi connectivity index (χ4n) is 4.44. The maximum atomic E-state index is 13.4. The summed E-state index contributed by atoms with van der Waals surface area (Å²) in [5, 5.41) is 17.9. The standard InChI is InChI=1S/C29H35N7O7/c30-19(10-11-24(31)37)26(39)34-21(12-16-6-2-1-3-7-16)27(40)35-22(14-25(32)38)28(41)36-23(29(42)43)13-17-15-33-20-9-5-4-8-18(17)20/h1-9,15,19,21-23,33H,10-14,30H2,(H2,31,37)(H2,32,38)(H,34,39)(H,35,40)(H,36,41)(H,42,43). The normalized spacial score (nSPS) is 13.7. The zero-order valence-corrected chi connectivity index (χ0v) is 23.2. The molecule has 0 radical (unpaired) electrons. The molecule has 43 heavy (non-hydrogen) atoms. The highest BCUT2D eigenvalue weighted by molar-refractivity contribution is 5.96. The summed E-state index contributed by atoms with van der Waals surface area (Å²) in [6.45, 7) is 0. The maximum absolute atomic E-state index is 13.4. The molecule has 14 nitrogen and oxygen atoms in total. The summed E-state index contributed by atoms with van der Waals surface area (Å²) in [7, 11) is 0. The first kappa shape index (κ1) is 32.3. The fraction of sp³-hybridized carbons (Fsp3) is 0.310. The highest BCUT2D eigenvalue weighted by Gasteiger charge is 2.32. The van der Waals surface area contributed by atoms with Gasteiger partial charge in [0.15, 0.2) is 0 Å². The first-order chi connectivity index (χ1) is 20.4. The number of carbonyl (C=O) groups is 6. The van der Waals surface area contributed by atoms with Crippen molar-refractivity contribution in [1.29, 1.82) is 0 Å². The minimum absolute atomic E-state index is 0.00974. The van der Waals surface area contributed by atoms with Gasteiger partial charge in [-0.1, -0.05) is 48.5 Å². The molecule has 0 bridgehead atoms. The average molecular weight is 594 g/mol. The predicted molar refractivity (Wildman–Crippen MR) is 156 cm³/mol. The van der Waals surface area contributed by atoms with Gasteiger partial charge in [0.1, 0.15) is 18.1 Å². The van der Waals surface area contributed by atoms with Crippen LogP contribution >= 0.6 is 0 Å². The molecule has 0 saturated heterocycles. The lowest BCUT2D eigenvalue weighted by molar-refractivity contribution is -0.142. The molecule has 14 heteroatoms. The van der Waals surface area contributed by atoms with Crippen LogP contribution in [0, 0.1) is 0 Å². The Morgan fingerprint density at radius 2 is 1.35 bits per heavy atom. The van der Waals surface area contributed by atoms with Gasteiger partial charge in [-0.2, -0.15) is 0 Å². The molecule has 3 aromatic rings. The fourth-order valence-corrected chi connectivity index (χ4v) is 4.44. The van der Waals surface area contributed by atoms with Crippen molar-refractivity contribution in [3.05, 3.63) is 71.9 Å². The molecule has 1 aromatic heterocycles. The van der Waals surface area contributed by atoms with Crippen molar-refractivity contribution in [3.63, 3.8) is 0 Å². The Labute approximate surface area is 246 Å². The third kappa shape index (κ3) is 9.67. The zero-order chi connectivity index (χ0) is 31.5. The van der Waals surface area contributed by atoms with Crippen LogP contribution < -0.4 is 33.2 Å². The largest absolute Gasteiger partial charge is 0.480 e. The molecular formula is C29H35N7O7. The van der Waals surface area contributed by atoms with Gasteiger partial charge < -0.3 is 43.2 Å². The van der Waals surface area contributed by atoms with Crippen molar-refractivity contribution in [1.82, 2.24) is 20.9 Å². The summed E-state index contributed by atoms with van der Waals surface area (Å²) in [5.74, 6) is -5.45. The van der Waals surface area contributed by atoms with Gasteiger partial charge >= 0.3 is 5.97 Å². The molecule has 0 aliphatic heterocycles. The van der Waals surface area contributed by atoms with Gasteiger partial charge in [0.2, 0.25) is 29.5 Å². The number of benzene rings is 2. The van der Waals surface area contributed by atoms with Crippen molar-refractivity contribution in [2.45, 2.75) is 56.3 Å². The van der Waals surface area contributed by atoms with Gasteiger partial charge in [-0.3, -0.25) is 24.0 Å². The molecule has 1 heterocycles. The van der Waals surface area contributed by atoms with Gasteiger partial charge in [-0.05, 0) is 23.6 Å². The van der Waals surface area contributed by atoms with Gasteiger partial charge in [0, 0.05) is 36.4 Å². The van der Waals surface area contributed by atoms with E-state index < -0.39 is 66.1 Å². The molecule has 0 spiro atoms. The molecule has 4 unspecified atom stereocenters. The molecule has 0 saturated carbocycles. The summed E-state index contributed by atoms with van der Waals surface area (Å²) >= 11 is 0. The molecular weight excluding hydrogens is 558 g/mol. The van der Waals surface area contributed by atoms with Gasteiger partial charge in [-0.25, -0.2) is 4.79 Å². The maximum Gasteiger partial charge on any atom is 0.326 e. The number of primary amides is 2. The first-order valence-electron chi connectivity index (χ1n) is 13.5. The Morgan fingerprint density at radius 1 is 0.744 bits per heavy atom. The lowest BCUT2D eigenvalue weighted by atomic mass is 10.0. The molecule has 0 fully saturated rings. The lowest BCUT2D eigenvalue weighted by Crippen LogP contribution is -2.58. The number of aromatic amines is 1. The molecule has 11 N–H and O–H groups in total. The van der Waals surface area contributed by atoms with E-state index in [-0.39, 0.29) is 25.7 Å². The van der Waals surface area contributed by atoms with E-state index in [1.54, 1.807) is 48.7 Å². The molecule has 0 aliphatic rings. The van der Waals surface area contributed by atoms with Crippen molar-refractivity contribution in [2.75, 3.05) is 0 Å². The van der Waals surface area contributed by atoms with Crippen molar-refractivity contribution in [2.24, 2.45) is 17.2 Å². The number of aliphatic carboxylic acids is 1. The Bertz CT molecular complexity index is 1470. The number of H-pyrrole nitrogens is 1. The van der Waals surface area contributed by atoms with Gasteiger partial charge in [0.25, 0.3) is 0 Å². The number of aromatic nitrogens is 1. The molecule has 4 atom stereocenters. The smallest absolute Gasteiger partial charge is 0.326 e. The monoisotopic (exact) mass is 593 g/mol. The second kappa shape index (κ2) is 15.1. The Morgan fingerprint density at radius 3 is 2.00 bits per heavy atom. The highest BCUT2D eigenvalue weighted by atomic mass is 16.4. The number of carbonyl (C=O) groups excluding carboxylic acids is 5. The summed E-state index contributed by atoms with van der Waals surface area (Å²) in [6, 6.07) is 10.5. The lowest BCUT2D eigenvalue weighted by Gasteiger charge is -2.25. The van der Waals surface area contributed by atoms with E-state index in [0.29, 0.717) is 11.1 Å². The summed E-state index contributed by atoms with van der Waals surface area (Å²) in [4.78, 5) is 77.4. The first-order valence-corrected chi connectivity index (χ1v) is 13.5. The van der Waals surface area contributed by atoms with Gasteiger partial charge in [-0.15, -0.1) is 0 Å². The minimum atomic E-state index is -1.55. The second-order valence-electron chi connectivity index (χ2n) is 10.1. The van der Waals surface area contributed by atoms with Crippen molar-refractivity contribution >= 4 is 46.4 Å². The molecule has 3 rings (SSSR count). The Balaban J connectivity index is 1.77. The van der Waals surface area contributed by atoms with Crippen LogP contribution in [0.1, 0.15) is 30.4 Å². The number of carboxylic acids is 1. The zero-order valence-electron chi connectivity index (χ0n) is 23.2. The van der Waals surface area contributed by atoms with E-state index >= 15 is 0 Å². The number of nitrogens with two attached hydrogens (primary N) is 3. The number of nitrogens with one attached hydrogen (secondary N) is 4. The van der Waals surface area contributed by atoms with Crippen LogP contribution in [0.25, 0.3) is 10.9 Å². The van der Waals surface area contributed by atoms with E-state index in [9.17, 15) is 33.9 Å². The van der Waals surface area contributed by atoms with E-state index in [2.05, 4.69) is 20.9 Å². The predicted octanol–water partition coefficient (Wildman–Crippen LogP) is -1.04. The number of para-hydroxylation sites is 1. The van der Waals surface area contributed by atoms with E-state index in [1.807, 2.05) is 12.1 Å². The average Bonchev–Trinajstić information content (AvgIpc) is 3.37. The van der Waals surface area contributed by atoms with Crippen molar-refractivity contribution in [3.8, 4) is 0 Å². The third-order valence-electron chi connectivity index (χ3n) is 6.71. The third-order valence-corrected chi connectivity index (χ3v) is 6.71. The number of amides is 5. The topological polar surface area (TPSA) is 253 Å². The quantitative estimate of drug-likeness (QED) is 0.102. The summed E-state index contributed by atoms with van der Waals surface area (Å²) in [5.41, 5.74) is 18.4. The summed E-state index contributed by atoms with van der Waals surface area (Å²) < 4.78 is 0. The molecule has 5 amide bonds. The SMILES string of the molecule is NC(=O)CCC(N)C(=O)NC(Cc1ccccc1)C(=O)NC(CC(N)=O)C(=O)NC(Cc1c[nH]c2ccccc12)C(=O)O. The van der Waals surface area contributed by atoms with Crippen LogP contribution in [-0.2, 0) is 41.6 Å². The van der Waals surface area contributed by atoms with Crippen LogP contribution in [0.5, 0.6) is 0 Å². The highest BCUT2D eigenvalue weighted by Crippen LogP contribution is 2.19. The Hall–Kier alpha value is -5.24. The van der Waals surface area contributed by atoms with Crippen LogP contribution in [0.3, 0.4) is 0 Å². The van der Waals surface area contributed by atoms with Crippen LogP contribution in [0.15, 0.2) is 60.8 Å².